The zero-order valence-electron chi connectivity index (χ0n) is 14.4. The molecule has 22 heavy (non-hydrogen) atoms. The van der Waals surface area contributed by atoms with E-state index in [1.807, 2.05) is 0 Å². The summed E-state index contributed by atoms with van der Waals surface area (Å²) in [4.78, 5) is 0. The average molecular weight is 290 g/mol. The number of hydrogen-bond donors (Lipinski definition) is 0. The second kappa shape index (κ2) is 5.95. The van der Waals surface area contributed by atoms with Gasteiger partial charge in [-0.3, -0.25) is 0 Å². The van der Waals surface area contributed by atoms with Crippen LogP contribution in [-0.2, 0) is 11.8 Å². The van der Waals surface area contributed by atoms with Crippen LogP contribution in [0.15, 0.2) is 48.5 Å². The van der Waals surface area contributed by atoms with E-state index in [-0.39, 0.29) is 5.41 Å². The Morgan fingerprint density at radius 1 is 1.05 bits per heavy atom. The van der Waals surface area contributed by atoms with Crippen LogP contribution in [0.5, 0.6) is 0 Å². The van der Waals surface area contributed by atoms with Crippen LogP contribution in [0.1, 0.15) is 68.0 Å². The molecule has 0 aliphatic heterocycles. The maximum atomic E-state index is 2.46. The first-order valence-corrected chi connectivity index (χ1v) is 8.63. The van der Waals surface area contributed by atoms with Crippen molar-refractivity contribution in [2.24, 2.45) is 0 Å². The largest absolute Gasteiger partial charge is 0.138 e. The zero-order chi connectivity index (χ0) is 15.7. The van der Waals surface area contributed by atoms with Gasteiger partial charge in [0.15, 0.2) is 0 Å². The van der Waals surface area contributed by atoms with Crippen molar-refractivity contribution >= 4 is 7.28 Å². The Morgan fingerprint density at radius 2 is 1.77 bits per heavy atom. The predicted octanol–water partition coefficient (Wildman–Crippen LogP) is 5.17. The summed E-state index contributed by atoms with van der Waals surface area (Å²) in [6.45, 7) is 9.28. The lowest BCUT2D eigenvalue weighted by Crippen LogP contribution is -2.14. The van der Waals surface area contributed by atoms with Crippen molar-refractivity contribution in [1.29, 1.82) is 0 Å². The summed E-state index contributed by atoms with van der Waals surface area (Å²) in [5, 5.41) is 0. The van der Waals surface area contributed by atoms with Crippen LogP contribution in [0.2, 0.25) is 0 Å². The molecule has 0 nitrogen and oxygen atoms in total. The Morgan fingerprint density at radius 3 is 2.45 bits per heavy atom. The zero-order valence-corrected chi connectivity index (χ0v) is 14.4. The monoisotopic (exact) mass is 290 g/mol. The number of benzene rings is 2. The number of aryl methyl sites for hydroxylation is 1. The van der Waals surface area contributed by atoms with E-state index in [0.29, 0.717) is 5.82 Å². The van der Waals surface area contributed by atoms with Crippen molar-refractivity contribution in [3.05, 3.63) is 70.8 Å². The molecule has 0 aromatic heterocycles. The molecule has 2 atom stereocenters. The highest BCUT2D eigenvalue weighted by Gasteiger charge is 2.27. The molecule has 0 saturated carbocycles. The van der Waals surface area contributed by atoms with Crippen LogP contribution >= 0.6 is 0 Å². The van der Waals surface area contributed by atoms with Gasteiger partial charge in [0.2, 0.25) is 0 Å². The average Bonchev–Trinajstić information content (AvgIpc) is 2.89. The number of rotatable bonds is 3. The maximum absolute atomic E-state index is 2.46. The first-order valence-electron chi connectivity index (χ1n) is 8.63. The third-order valence-electron chi connectivity index (χ3n) is 5.22. The molecule has 1 aliphatic rings. The van der Waals surface area contributed by atoms with E-state index in [1.165, 1.54) is 31.2 Å². The third kappa shape index (κ3) is 3.14. The molecule has 3 rings (SSSR count). The molecule has 2 aromatic rings. The number of fused-ring (bicyclic) bond motifs is 1. The minimum Gasteiger partial charge on any atom is -0.0654 e. The summed E-state index contributed by atoms with van der Waals surface area (Å²) >= 11 is 0. The van der Waals surface area contributed by atoms with Crippen LogP contribution in [0.3, 0.4) is 0 Å². The van der Waals surface area contributed by atoms with Gasteiger partial charge in [-0.25, -0.2) is 0 Å². The van der Waals surface area contributed by atoms with E-state index in [0.717, 1.165) is 5.82 Å². The van der Waals surface area contributed by atoms with Gasteiger partial charge in [-0.2, -0.15) is 0 Å². The van der Waals surface area contributed by atoms with Crippen LogP contribution in [-0.4, -0.2) is 7.28 Å². The molecule has 0 bridgehead atoms. The molecule has 0 saturated heterocycles. The van der Waals surface area contributed by atoms with Gasteiger partial charge < -0.3 is 0 Å². The van der Waals surface area contributed by atoms with Crippen LogP contribution < -0.4 is 0 Å². The molecular weight excluding hydrogens is 263 g/mol. The summed E-state index contributed by atoms with van der Waals surface area (Å²) in [5.41, 5.74) is 6.41. The quantitative estimate of drug-likeness (QED) is 0.684. The highest BCUT2D eigenvalue weighted by Crippen LogP contribution is 2.37. The molecule has 0 heterocycles. The molecule has 114 valence electrons. The lowest BCUT2D eigenvalue weighted by atomic mass is 9.52. The van der Waals surface area contributed by atoms with Crippen molar-refractivity contribution in [3.63, 3.8) is 0 Å². The first kappa shape index (κ1) is 15.4. The lowest BCUT2D eigenvalue weighted by Gasteiger charge is -2.21. The fraction of sp³-hybridized carbons (Fsp3) is 0.429. The summed E-state index contributed by atoms with van der Waals surface area (Å²) in [6.07, 6.45) is 2.57. The third-order valence-corrected chi connectivity index (χ3v) is 5.22. The lowest BCUT2D eigenvalue weighted by molar-refractivity contribution is 0.589. The standard InChI is InChI=1S/C21H27B/c1-15(16-8-6-5-7-9-16)22-20-13-10-17-14-18(21(2,3)4)11-12-19(17)20/h5-9,11-12,14-15,20,22H,10,13H2,1-4H3/t15-,20?/m1/s1. The summed E-state index contributed by atoms with van der Waals surface area (Å²) < 4.78 is 0. The van der Waals surface area contributed by atoms with Gasteiger partial charge in [0, 0.05) is 0 Å². The van der Waals surface area contributed by atoms with Crippen LogP contribution in [0, 0.1) is 0 Å². The van der Waals surface area contributed by atoms with E-state index in [9.17, 15) is 0 Å². The molecular formula is C21H27B. The maximum Gasteiger partial charge on any atom is 0.138 e. The molecule has 1 heteroatoms. The highest BCUT2D eigenvalue weighted by molar-refractivity contribution is 6.40. The van der Waals surface area contributed by atoms with Crippen molar-refractivity contribution in [1.82, 2.24) is 0 Å². The van der Waals surface area contributed by atoms with Crippen LogP contribution in [0.4, 0.5) is 0 Å². The van der Waals surface area contributed by atoms with E-state index in [2.05, 4.69) is 76.2 Å². The fourth-order valence-electron chi connectivity index (χ4n) is 3.76. The van der Waals surface area contributed by atoms with E-state index >= 15 is 0 Å². The Kier molecular flexibility index (Phi) is 4.17. The molecule has 0 radical (unpaired) electrons. The smallest absolute Gasteiger partial charge is 0.0654 e. The Balaban J connectivity index is 1.77. The van der Waals surface area contributed by atoms with Gasteiger partial charge in [-0.05, 0) is 46.6 Å². The topological polar surface area (TPSA) is 0 Å². The second-order valence-electron chi connectivity index (χ2n) is 7.95. The molecule has 1 unspecified atom stereocenters. The van der Waals surface area contributed by atoms with E-state index < -0.39 is 0 Å². The van der Waals surface area contributed by atoms with Crippen molar-refractivity contribution in [2.75, 3.05) is 0 Å². The highest BCUT2D eigenvalue weighted by atomic mass is 14.3. The molecule has 2 aromatic carbocycles. The van der Waals surface area contributed by atoms with Crippen molar-refractivity contribution in [3.8, 4) is 0 Å². The normalized spacial score (nSPS) is 18.8. The number of hydrogen-bond acceptors (Lipinski definition) is 0. The van der Waals surface area contributed by atoms with Gasteiger partial charge in [0.25, 0.3) is 0 Å². The summed E-state index contributed by atoms with van der Waals surface area (Å²) in [5.74, 6) is 1.37. The van der Waals surface area contributed by atoms with Crippen molar-refractivity contribution in [2.45, 2.75) is 57.6 Å². The summed E-state index contributed by atoms with van der Waals surface area (Å²) in [6, 6.07) is 18.2. The van der Waals surface area contributed by atoms with E-state index in [1.54, 1.807) is 11.1 Å². The molecule has 0 spiro atoms. The van der Waals surface area contributed by atoms with Gasteiger partial charge in [0.05, 0.1) is 0 Å². The van der Waals surface area contributed by atoms with Crippen molar-refractivity contribution < 1.29 is 0 Å². The molecule has 0 amide bonds. The Bertz CT molecular complexity index is 637. The van der Waals surface area contributed by atoms with Crippen LogP contribution in [0.25, 0.3) is 0 Å². The minimum absolute atomic E-state index is 0.254. The second-order valence-corrected chi connectivity index (χ2v) is 7.95. The van der Waals surface area contributed by atoms with Gasteiger partial charge in [-0.1, -0.05) is 81.8 Å². The fourth-order valence-corrected chi connectivity index (χ4v) is 3.76. The SMILES string of the molecule is C[C@@H](BC1CCc2cc(C(C)(C)C)ccc21)c1ccccc1. The van der Waals surface area contributed by atoms with Gasteiger partial charge in [0.1, 0.15) is 7.28 Å². The molecule has 0 fully saturated rings. The first-order chi connectivity index (χ1) is 10.4. The summed E-state index contributed by atoms with van der Waals surface area (Å²) in [7, 11) is 1.27. The van der Waals surface area contributed by atoms with Gasteiger partial charge in [-0.15, -0.1) is 0 Å². The van der Waals surface area contributed by atoms with E-state index in [4.69, 9.17) is 0 Å². The Hall–Kier alpha value is -1.50. The van der Waals surface area contributed by atoms with Gasteiger partial charge >= 0.3 is 0 Å². The molecule has 0 N–H and O–H groups in total. The minimum atomic E-state index is 0.254. The predicted molar refractivity (Wildman–Crippen MR) is 98.2 cm³/mol. The molecule has 1 aliphatic carbocycles. The Labute approximate surface area is 136 Å².